The number of rotatable bonds is 6. The molecule has 1 aromatic rings. The summed E-state index contributed by atoms with van der Waals surface area (Å²) in [6, 6.07) is 6.66. The maximum absolute atomic E-state index is 13.0. The maximum Gasteiger partial charge on any atom is 0.123 e. The zero-order valence-corrected chi connectivity index (χ0v) is 11.4. The van der Waals surface area contributed by atoms with Gasteiger partial charge in [-0.25, -0.2) is 4.39 Å². The van der Waals surface area contributed by atoms with Crippen molar-refractivity contribution in [2.75, 3.05) is 33.4 Å². The maximum atomic E-state index is 13.0. The highest BCUT2D eigenvalue weighted by Crippen LogP contribution is 2.33. The van der Waals surface area contributed by atoms with Crippen molar-refractivity contribution in [3.8, 4) is 0 Å². The lowest BCUT2D eigenvalue weighted by Gasteiger charge is -2.32. The second-order valence-electron chi connectivity index (χ2n) is 4.94. The third-order valence-electron chi connectivity index (χ3n) is 3.53. The first kappa shape index (κ1) is 14.4. The first-order valence-corrected chi connectivity index (χ1v) is 6.88. The zero-order chi connectivity index (χ0) is 13.5. The first-order valence-electron chi connectivity index (χ1n) is 6.88. The molecular weight excluding hydrogens is 245 g/mol. The number of hydrogen-bond donors (Lipinski definition) is 1. The van der Waals surface area contributed by atoms with Gasteiger partial charge in [-0.3, -0.25) is 0 Å². The van der Waals surface area contributed by atoms with Crippen LogP contribution in [0.2, 0.25) is 0 Å². The van der Waals surface area contributed by atoms with Crippen molar-refractivity contribution >= 4 is 0 Å². The molecule has 1 fully saturated rings. The van der Waals surface area contributed by atoms with Crippen LogP contribution in [0.1, 0.15) is 24.5 Å². The molecule has 1 aromatic carbocycles. The Kier molecular flexibility index (Phi) is 5.76. The molecule has 1 saturated heterocycles. The van der Waals surface area contributed by atoms with Gasteiger partial charge in [0.05, 0.1) is 12.7 Å². The number of methoxy groups -OCH3 is 1. The van der Waals surface area contributed by atoms with Gasteiger partial charge in [0.15, 0.2) is 0 Å². The van der Waals surface area contributed by atoms with Crippen LogP contribution in [0, 0.1) is 11.7 Å². The van der Waals surface area contributed by atoms with E-state index in [1.54, 1.807) is 7.11 Å². The van der Waals surface area contributed by atoms with Gasteiger partial charge in [0.2, 0.25) is 0 Å². The summed E-state index contributed by atoms with van der Waals surface area (Å²) in [6.45, 7) is 3.26. The molecule has 0 saturated carbocycles. The van der Waals surface area contributed by atoms with Gasteiger partial charge >= 0.3 is 0 Å². The average Bonchev–Trinajstić information content (AvgIpc) is 2.45. The van der Waals surface area contributed by atoms with Crippen LogP contribution < -0.4 is 5.32 Å². The molecule has 1 aliphatic heterocycles. The Morgan fingerprint density at radius 3 is 2.89 bits per heavy atom. The fourth-order valence-electron chi connectivity index (χ4n) is 2.53. The molecule has 0 bridgehead atoms. The summed E-state index contributed by atoms with van der Waals surface area (Å²) in [5.41, 5.74) is 1.07. The van der Waals surface area contributed by atoms with Crippen molar-refractivity contribution in [1.82, 2.24) is 5.32 Å². The molecule has 1 aliphatic rings. The molecule has 0 aliphatic carbocycles. The summed E-state index contributed by atoms with van der Waals surface area (Å²) in [4.78, 5) is 0. The number of halogens is 1. The van der Waals surface area contributed by atoms with Crippen LogP contribution in [-0.2, 0) is 9.47 Å². The molecule has 1 N–H and O–H groups in total. The number of ether oxygens (including phenoxy) is 2. The van der Waals surface area contributed by atoms with Crippen LogP contribution in [0.25, 0.3) is 0 Å². The van der Waals surface area contributed by atoms with Crippen LogP contribution in [0.4, 0.5) is 4.39 Å². The monoisotopic (exact) mass is 267 g/mol. The Labute approximate surface area is 114 Å². The second-order valence-corrected chi connectivity index (χ2v) is 4.94. The zero-order valence-electron chi connectivity index (χ0n) is 11.4. The van der Waals surface area contributed by atoms with Gasteiger partial charge in [0, 0.05) is 32.7 Å². The molecular formula is C15H22FNO2. The summed E-state index contributed by atoms with van der Waals surface area (Å²) >= 11 is 0. The quantitative estimate of drug-likeness (QED) is 0.803. The van der Waals surface area contributed by atoms with E-state index in [1.807, 2.05) is 12.1 Å². The van der Waals surface area contributed by atoms with Crippen molar-refractivity contribution < 1.29 is 13.9 Å². The Morgan fingerprint density at radius 2 is 2.16 bits per heavy atom. The summed E-state index contributed by atoms with van der Waals surface area (Å²) in [7, 11) is 1.70. The van der Waals surface area contributed by atoms with Crippen molar-refractivity contribution in [3.05, 3.63) is 35.6 Å². The number of nitrogens with one attached hydrogen (secondary N) is 1. The van der Waals surface area contributed by atoms with E-state index in [0.717, 1.165) is 44.7 Å². The van der Waals surface area contributed by atoms with Crippen LogP contribution in [0.15, 0.2) is 24.3 Å². The summed E-state index contributed by atoms with van der Waals surface area (Å²) in [5, 5.41) is 3.39. The molecule has 0 amide bonds. The minimum atomic E-state index is -0.200. The largest absolute Gasteiger partial charge is 0.383 e. The van der Waals surface area contributed by atoms with Gasteiger partial charge in [-0.2, -0.15) is 0 Å². The van der Waals surface area contributed by atoms with Crippen molar-refractivity contribution in [3.63, 3.8) is 0 Å². The van der Waals surface area contributed by atoms with Crippen LogP contribution in [0.5, 0.6) is 0 Å². The van der Waals surface area contributed by atoms with E-state index in [0.29, 0.717) is 5.92 Å². The lowest BCUT2D eigenvalue weighted by atomic mass is 9.89. The van der Waals surface area contributed by atoms with E-state index in [4.69, 9.17) is 9.47 Å². The topological polar surface area (TPSA) is 30.5 Å². The van der Waals surface area contributed by atoms with E-state index in [-0.39, 0.29) is 11.9 Å². The van der Waals surface area contributed by atoms with E-state index in [2.05, 4.69) is 5.32 Å². The molecule has 4 heteroatoms. The number of benzene rings is 1. The third-order valence-corrected chi connectivity index (χ3v) is 3.53. The first-order chi connectivity index (χ1) is 9.31. The Balaban J connectivity index is 1.93. The molecule has 19 heavy (non-hydrogen) atoms. The van der Waals surface area contributed by atoms with Gasteiger partial charge < -0.3 is 14.8 Å². The van der Waals surface area contributed by atoms with Gasteiger partial charge in [-0.15, -0.1) is 0 Å². The normalized spacial score (nSPS) is 23.5. The lowest BCUT2D eigenvalue weighted by molar-refractivity contribution is -0.0280. The minimum absolute atomic E-state index is 0.0735. The van der Waals surface area contributed by atoms with E-state index >= 15 is 0 Å². The highest BCUT2D eigenvalue weighted by atomic mass is 19.1. The van der Waals surface area contributed by atoms with E-state index in [1.165, 1.54) is 12.1 Å². The van der Waals surface area contributed by atoms with Crippen LogP contribution in [0.3, 0.4) is 0 Å². The van der Waals surface area contributed by atoms with Gasteiger partial charge in [-0.1, -0.05) is 12.1 Å². The van der Waals surface area contributed by atoms with Crippen molar-refractivity contribution in [2.45, 2.75) is 18.9 Å². The van der Waals surface area contributed by atoms with Crippen LogP contribution >= 0.6 is 0 Å². The predicted molar refractivity (Wildman–Crippen MR) is 72.6 cm³/mol. The Morgan fingerprint density at radius 1 is 1.37 bits per heavy atom. The summed E-state index contributed by atoms with van der Waals surface area (Å²) < 4.78 is 23.9. The van der Waals surface area contributed by atoms with Gasteiger partial charge in [-0.05, 0) is 30.5 Å². The predicted octanol–water partition coefficient (Wildman–Crippen LogP) is 2.53. The molecule has 106 valence electrons. The molecule has 1 heterocycles. The Bertz CT molecular complexity index is 369. The molecule has 0 spiro atoms. The molecule has 2 unspecified atom stereocenters. The SMILES string of the molecule is COCCNCC1CCCOC1c1ccc(F)cc1. The molecule has 0 aromatic heterocycles. The fraction of sp³-hybridized carbons (Fsp3) is 0.600. The molecule has 2 atom stereocenters. The van der Waals surface area contributed by atoms with Crippen molar-refractivity contribution in [1.29, 1.82) is 0 Å². The fourth-order valence-corrected chi connectivity index (χ4v) is 2.53. The smallest absolute Gasteiger partial charge is 0.123 e. The average molecular weight is 267 g/mol. The lowest BCUT2D eigenvalue weighted by Crippen LogP contribution is -2.33. The summed E-state index contributed by atoms with van der Waals surface area (Å²) in [5.74, 6) is 0.241. The van der Waals surface area contributed by atoms with Crippen molar-refractivity contribution in [2.24, 2.45) is 5.92 Å². The van der Waals surface area contributed by atoms with Gasteiger partial charge in [0.25, 0.3) is 0 Å². The Hall–Kier alpha value is -0.970. The van der Waals surface area contributed by atoms with Gasteiger partial charge in [0.1, 0.15) is 5.82 Å². The molecule has 2 rings (SSSR count). The highest BCUT2D eigenvalue weighted by molar-refractivity contribution is 5.20. The summed E-state index contributed by atoms with van der Waals surface area (Å²) in [6.07, 6.45) is 2.31. The van der Waals surface area contributed by atoms with E-state index in [9.17, 15) is 4.39 Å². The second kappa shape index (κ2) is 7.58. The van der Waals surface area contributed by atoms with E-state index < -0.39 is 0 Å². The number of hydrogen-bond acceptors (Lipinski definition) is 3. The highest BCUT2D eigenvalue weighted by Gasteiger charge is 2.26. The minimum Gasteiger partial charge on any atom is -0.383 e. The standard InChI is InChI=1S/C15H22FNO2/c1-18-10-8-17-11-13-3-2-9-19-15(13)12-4-6-14(16)7-5-12/h4-7,13,15,17H,2-3,8-11H2,1H3. The molecule has 3 nitrogen and oxygen atoms in total. The third kappa shape index (κ3) is 4.27. The van der Waals surface area contributed by atoms with Crippen LogP contribution in [-0.4, -0.2) is 33.4 Å². The molecule has 0 radical (unpaired) electrons.